The minimum Gasteiger partial charge on any atom is -0.325 e. The molecule has 5 nitrogen and oxygen atoms in total. The van der Waals surface area contributed by atoms with Gasteiger partial charge < -0.3 is 5.32 Å². The number of halogens is 2. The fourth-order valence-electron chi connectivity index (χ4n) is 2.47. The minimum atomic E-state index is -3.99. The van der Waals surface area contributed by atoms with Crippen molar-refractivity contribution in [1.82, 2.24) is 4.31 Å². The first kappa shape index (κ1) is 20.7. The van der Waals surface area contributed by atoms with Crippen molar-refractivity contribution in [3.05, 3.63) is 58.1 Å². The minimum absolute atomic E-state index is 0.0546. The molecule has 0 spiro atoms. The van der Waals surface area contributed by atoms with Crippen molar-refractivity contribution in [2.24, 2.45) is 0 Å². The molecule has 0 heterocycles. The van der Waals surface area contributed by atoms with Crippen LogP contribution in [0.1, 0.15) is 19.4 Å². The summed E-state index contributed by atoms with van der Waals surface area (Å²) >= 11 is 12.0. The molecule has 140 valence electrons. The quantitative estimate of drug-likeness (QED) is 0.763. The molecule has 0 radical (unpaired) electrons. The molecule has 0 unspecified atom stereocenters. The lowest BCUT2D eigenvalue weighted by Gasteiger charge is -2.26. The summed E-state index contributed by atoms with van der Waals surface area (Å²) in [4.78, 5) is 12.4. The second kappa shape index (κ2) is 8.39. The average molecular weight is 415 g/mol. The zero-order valence-electron chi connectivity index (χ0n) is 14.7. The largest absolute Gasteiger partial charge is 0.325 e. The molecule has 0 saturated heterocycles. The molecule has 0 aliphatic carbocycles. The smallest absolute Gasteiger partial charge is 0.245 e. The van der Waals surface area contributed by atoms with E-state index in [2.05, 4.69) is 5.32 Å². The number of rotatable bonds is 6. The van der Waals surface area contributed by atoms with Gasteiger partial charge in [0.2, 0.25) is 15.9 Å². The summed E-state index contributed by atoms with van der Waals surface area (Å²) in [6.07, 6.45) is 0. The Labute approximate surface area is 164 Å². The molecule has 0 fully saturated rings. The van der Waals surface area contributed by atoms with E-state index in [-0.39, 0.29) is 21.5 Å². The van der Waals surface area contributed by atoms with Crippen LogP contribution >= 0.6 is 23.2 Å². The van der Waals surface area contributed by atoms with Crippen LogP contribution in [-0.2, 0) is 14.8 Å². The summed E-state index contributed by atoms with van der Waals surface area (Å²) in [5, 5.41) is 3.03. The first-order valence-corrected chi connectivity index (χ1v) is 10.2. The third-order valence-corrected chi connectivity index (χ3v) is 6.68. The number of hydrogen-bond donors (Lipinski definition) is 1. The van der Waals surface area contributed by atoms with Crippen LogP contribution in [-0.4, -0.2) is 31.2 Å². The predicted octanol–water partition coefficient (Wildman–Crippen LogP) is 4.34. The Morgan fingerprint density at radius 3 is 2.35 bits per heavy atom. The van der Waals surface area contributed by atoms with Gasteiger partial charge in [0, 0.05) is 17.3 Å². The lowest BCUT2D eigenvalue weighted by Crippen LogP contribution is -2.45. The molecule has 0 bridgehead atoms. The van der Waals surface area contributed by atoms with E-state index < -0.39 is 22.0 Å². The van der Waals surface area contributed by atoms with Gasteiger partial charge in [0.15, 0.2) is 0 Å². The Hall–Kier alpha value is -1.60. The van der Waals surface area contributed by atoms with Crippen molar-refractivity contribution in [2.75, 3.05) is 11.9 Å². The molecular formula is C18H20Cl2N2O3S. The van der Waals surface area contributed by atoms with Crippen LogP contribution in [0.15, 0.2) is 47.4 Å². The van der Waals surface area contributed by atoms with Crippen molar-refractivity contribution >= 4 is 44.8 Å². The monoisotopic (exact) mass is 414 g/mol. The maximum Gasteiger partial charge on any atom is 0.245 e. The number of sulfonamides is 1. The van der Waals surface area contributed by atoms with Crippen LogP contribution in [0.25, 0.3) is 0 Å². The zero-order valence-corrected chi connectivity index (χ0v) is 17.0. The molecule has 1 amide bonds. The van der Waals surface area contributed by atoms with Crippen molar-refractivity contribution in [3.63, 3.8) is 0 Å². The third-order valence-electron chi connectivity index (χ3n) is 3.92. The average Bonchev–Trinajstić information content (AvgIpc) is 2.59. The number of amides is 1. The van der Waals surface area contributed by atoms with Gasteiger partial charge in [-0.1, -0.05) is 47.8 Å². The number of benzene rings is 2. The van der Waals surface area contributed by atoms with E-state index in [4.69, 9.17) is 23.2 Å². The summed E-state index contributed by atoms with van der Waals surface area (Å²) < 4.78 is 27.1. The van der Waals surface area contributed by atoms with Crippen molar-refractivity contribution in [3.8, 4) is 0 Å². The van der Waals surface area contributed by atoms with E-state index in [9.17, 15) is 13.2 Å². The number of hydrogen-bond acceptors (Lipinski definition) is 3. The lowest BCUT2D eigenvalue weighted by molar-refractivity contribution is -0.119. The Bertz CT molecular complexity index is 899. The van der Waals surface area contributed by atoms with Crippen LogP contribution < -0.4 is 5.32 Å². The Kier molecular flexibility index (Phi) is 6.69. The van der Waals surface area contributed by atoms with Gasteiger partial charge in [-0.25, -0.2) is 8.42 Å². The molecule has 1 N–H and O–H groups in total. The van der Waals surface area contributed by atoms with Crippen molar-refractivity contribution in [2.45, 2.75) is 31.7 Å². The molecular weight excluding hydrogens is 395 g/mol. The molecule has 2 aromatic rings. The van der Waals surface area contributed by atoms with Gasteiger partial charge in [-0.2, -0.15) is 4.31 Å². The molecule has 0 aromatic heterocycles. The maximum absolute atomic E-state index is 13.0. The van der Waals surface area contributed by atoms with E-state index >= 15 is 0 Å². The van der Waals surface area contributed by atoms with Crippen LogP contribution in [0.5, 0.6) is 0 Å². The second-order valence-corrected chi connectivity index (χ2v) is 8.52. The Morgan fingerprint density at radius 2 is 1.77 bits per heavy atom. The summed E-state index contributed by atoms with van der Waals surface area (Å²) in [6.45, 7) is 5.23. The highest BCUT2D eigenvalue weighted by atomic mass is 35.5. The van der Waals surface area contributed by atoms with Gasteiger partial charge >= 0.3 is 0 Å². The SMILES string of the molecule is CCN([C@@H](C)C(=O)Nc1ccc(C)cc1)S(=O)(=O)c1cc(Cl)ccc1Cl. The number of anilines is 1. The first-order chi connectivity index (χ1) is 12.2. The maximum atomic E-state index is 13.0. The highest BCUT2D eigenvalue weighted by molar-refractivity contribution is 7.89. The Balaban J connectivity index is 2.29. The highest BCUT2D eigenvalue weighted by Gasteiger charge is 2.33. The lowest BCUT2D eigenvalue weighted by atomic mass is 10.2. The van der Waals surface area contributed by atoms with Gasteiger partial charge in [-0.15, -0.1) is 0 Å². The van der Waals surface area contributed by atoms with E-state index in [0.29, 0.717) is 5.69 Å². The third kappa shape index (κ3) is 4.57. The van der Waals surface area contributed by atoms with Crippen molar-refractivity contribution < 1.29 is 13.2 Å². The van der Waals surface area contributed by atoms with E-state index in [1.165, 1.54) is 25.1 Å². The number of nitrogens with one attached hydrogen (secondary N) is 1. The Morgan fingerprint density at radius 1 is 1.15 bits per heavy atom. The molecule has 0 aliphatic rings. The van der Waals surface area contributed by atoms with Crippen LogP contribution in [0.4, 0.5) is 5.69 Å². The van der Waals surface area contributed by atoms with E-state index in [0.717, 1.165) is 9.87 Å². The molecule has 0 aliphatic heterocycles. The van der Waals surface area contributed by atoms with Gasteiger partial charge in [-0.3, -0.25) is 4.79 Å². The second-order valence-electron chi connectivity index (χ2n) is 5.81. The number of likely N-dealkylation sites (N-methyl/N-ethyl adjacent to an activating group) is 1. The van der Waals surface area contributed by atoms with Gasteiger partial charge in [0.25, 0.3) is 0 Å². The van der Waals surface area contributed by atoms with E-state index in [1.807, 2.05) is 19.1 Å². The van der Waals surface area contributed by atoms with Crippen LogP contribution in [0.2, 0.25) is 10.0 Å². The fourth-order valence-corrected chi connectivity index (χ4v) is 4.81. The van der Waals surface area contributed by atoms with E-state index in [1.54, 1.807) is 19.1 Å². The standard InChI is InChI=1S/C18H20Cl2N2O3S/c1-4-22(26(24,25)17-11-14(19)7-10-16(17)20)13(3)18(23)21-15-8-5-12(2)6-9-15/h5-11,13H,4H2,1-3H3,(H,21,23)/t13-/m0/s1. The molecule has 0 saturated carbocycles. The molecule has 1 atom stereocenters. The molecule has 2 rings (SSSR count). The summed E-state index contributed by atoms with van der Waals surface area (Å²) in [5.41, 5.74) is 1.66. The fraction of sp³-hybridized carbons (Fsp3) is 0.278. The number of carbonyl (C=O) groups is 1. The van der Waals surface area contributed by atoms with Gasteiger partial charge in [0.05, 0.1) is 5.02 Å². The van der Waals surface area contributed by atoms with Crippen LogP contribution in [0, 0.1) is 6.92 Å². The van der Waals surface area contributed by atoms with Gasteiger partial charge in [0.1, 0.15) is 10.9 Å². The van der Waals surface area contributed by atoms with Crippen molar-refractivity contribution in [1.29, 1.82) is 0 Å². The number of aryl methyl sites for hydroxylation is 1. The number of carbonyl (C=O) groups excluding carboxylic acids is 1. The van der Waals surface area contributed by atoms with Gasteiger partial charge in [-0.05, 0) is 44.2 Å². The molecule has 2 aromatic carbocycles. The number of nitrogens with zero attached hydrogens (tertiary/aromatic N) is 1. The zero-order chi connectivity index (χ0) is 19.5. The first-order valence-electron chi connectivity index (χ1n) is 8.01. The highest BCUT2D eigenvalue weighted by Crippen LogP contribution is 2.28. The van der Waals surface area contributed by atoms with Crippen LogP contribution in [0.3, 0.4) is 0 Å². The normalized spacial score (nSPS) is 12.8. The summed E-state index contributed by atoms with van der Waals surface area (Å²) in [7, 11) is -3.99. The summed E-state index contributed by atoms with van der Waals surface area (Å²) in [5.74, 6) is -0.433. The predicted molar refractivity (Wildman–Crippen MR) is 105 cm³/mol. The summed E-state index contributed by atoms with van der Waals surface area (Å²) in [6, 6.07) is 10.5. The molecule has 8 heteroatoms. The topological polar surface area (TPSA) is 66.5 Å². The molecule has 26 heavy (non-hydrogen) atoms.